The van der Waals surface area contributed by atoms with E-state index in [2.05, 4.69) is 10.3 Å². The van der Waals surface area contributed by atoms with Gasteiger partial charge in [-0.15, -0.1) is 0 Å². The van der Waals surface area contributed by atoms with E-state index in [4.69, 9.17) is 4.74 Å². The number of hydrogen-bond donors (Lipinski definition) is 2. The number of nitrogens with zero attached hydrogens (tertiary/aromatic N) is 1. The molecule has 0 aliphatic rings. The van der Waals surface area contributed by atoms with Gasteiger partial charge in [0.25, 0.3) is 11.6 Å². The van der Waals surface area contributed by atoms with Gasteiger partial charge < -0.3 is 15.0 Å². The first-order valence-corrected chi connectivity index (χ1v) is 7.27. The standard InChI is InChI=1S/C16H17N3O5/c1-4-24-16(21)13-9(2)14(17-10(13)3)15(20)18-11-5-7-12(8-6-11)19(22)23/h5-8,17H,4H2,1-3H3,(H,18,20). The lowest BCUT2D eigenvalue weighted by Gasteiger charge is -2.05. The fourth-order valence-corrected chi connectivity index (χ4v) is 2.35. The van der Waals surface area contributed by atoms with Crippen LogP contribution in [0.5, 0.6) is 0 Å². The molecule has 1 aromatic carbocycles. The number of ether oxygens (including phenoxy) is 1. The Morgan fingerprint density at radius 1 is 1.25 bits per heavy atom. The predicted octanol–water partition coefficient (Wildman–Crippen LogP) is 2.97. The second-order valence-electron chi connectivity index (χ2n) is 5.10. The number of nitro groups is 1. The molecule has 1 heterocycles. The fourth-order valence-electron chi connectivity index (χ4n) is 2.35. The van der Waals surface area contributed by atoms with Crippen molar-refractivity contribution in [1.29, 1.82) is 0 Å². The summed E-state index contributed by atoms with van der Waals surface area (Å²) in [5.41, 5.74) is 1.96. The molecule has 24 heavy (non-hydrogen) atoms. The maximum absolute atomic E-state index is 12.4. The van der Waals surface area contributed by atoms with Gasteiger partial charge in [0, 0.05) is 23.5 Å². The number of non-ortho nitro benzene ring substituents is 1. The number of carbonyl (C=O) groups excluding carboxylic acids is 2. The third-order valence-electron chi connectivity index (χ3n) is 3.48. The average Bonchev–Trinajstić information content (AvgIpc) is 2.83. The molecule has 0 atom stereocenters. The van der Waals surface area contributed by atoms with Gasteiger partial charge in [0.05, 0.1) is 17.1 Å². The van der Waals surface area contributed by atoms with Crippen LogP contribution in [0.4, 0.5) is 11.4 Å². The fraction of sp³-hybridized carbons (Fsp3) is 0.250. The molecule has 0 aliphatic carbocycles. The summed E-state index contributed by atoms with van der Waals surface area (Å²) >= 11 is 0. The van der Waals surface area contributed by atoms with Crippen LogP contribution < -0.4 is 5.32 Å². The molecule has 126 valence electrons. The van der Waals surface area contributed by atoms with Gasteiger partial charge >= 0.3 is 5.97 Å². The molecule has 8 heteroatoms. The van der Waals surface area contributed by atoms with Crippen LogP contribution in [0.25, 0.3) is 0 Å². The number of aromatic nitrogens is 1. The zero-order valence-corrected chi connectivity index (χ0v) is 13.5. The third-order valence-corrected chi connectivity index (χ3v) is 3.48. The van der Waals surface area contributed by atoms with E-state index in [-0.39, 0.29) is 18.0 Å². The molecule has 0 aliphatic heterocycles. The summed E-state index contributed by atoms with van der Waals surface area (Å²) in [5.74, 6) is -0.932. The van der Waals surface area contributed by atoms with E-state index in [0.29, 0.717) is 22.5 Å². The number of rotatable bonds is 5. The SMILES string of the molecule is CCOC(=O)c1c(C)[nH]c(C(=O)Nc2ccc([N+](=O)[O-])cc2)c1C. The van der Waals surface area contributed by atoms with Crippen LogP contribution in [-0.2, 0) is 4.74 Å². The molecule has 2 rings (SSSR count). The number of esters is 1. The molecule has 0 bridgehead atoms. The monoisotopic (exact) mass is 331 g/mol. The molecule has 0 fully saturated rings. The third kappa shape index (κ3) is 3.43. The smallest absolute Gasteiger partial charge is 0.340 e. The van der Waals surface area contributed by atoms with E-state index in [1.807, 2.05) is 0 Å². The molecular weight excluding hydrogens is 314 g/mol. The van der Waals surface area contributed by atoms with Gasteiger partial charge in [0.1, 0.15) is 5.69 Å². The molecule has 8 nitrogen and oxygen atoms in total. The predicted molar refractivity (Wildman–Crippen MR) is 87.3 cm³/mol. The Labute approximate surface area is 138 Å². The summed E-state index contributed by atoms with van der Waals surface area (Å²) < 4.78 is 4.98. The van der Waals surface area contributed by atoms with Gasteiger partial charge in [0.2, 0.25) is 0 Å². The van der Waals surface area contributed by atoms with Crippen molar-refractivity contribution in [2.75, 3.05) is 11.9 Å². The number of nitrogens with one attached hydrogen (secondary N) is 2. The van der Waals surface area contributed by atoms with Gasteiger partial charge in [-0.3, -0.25) is 14.9 Å². The highest BCUT2D eigenvalue weighted by molar-refractivity contribution is 6.06. The summed E-state index contributed by atoms with van der Waals surface area (Å²) in [5, 5.41) is 13.3. The van der Waals surface area contributed by atoms with Gasteiger partial charge in [-0.2, -0.15) is 0 Å². The Morgan fingerprint density at radius 3 is 2.42 bits per heavy atom. The van der Waals surface area contributed by atoms with E-state index in [1.54, 1.807) is 20.8 Å². The Hall–Kier alpha value is -3.16. The normalized spacial score (nSPS) is 10.3. The summed E-state index contributed by atoms with van der Waals surface area (Å²) in [4.78, 5) is 37.3. The van der Waals surface area contributed by atoms with Crippen molar-refractivity contribution in [3.8, 4) is 0 Å². The Balaban J connectivity index is 2.22. The highest BCUT2D eigenvalue weighted by Crippen LogP contribution is 2.21. The summed E-state index contributed by atoms with van der Waals surface area (Å²) in [6.45, 7) is 5.28. The number of carbonyl (C=O) groups is 2. The van der Waals surface area contributed by atoms with Crippen LogP contribution in [0.2, 0.25) is 0 Å². The molecular formula is C16H17N3O5. The van der Waals surface area contributed by atoms with Gasteiger partial charge in [0.15, 0.2) is 0 Å². The Kier molecular flexibility index (Phi) is 4.98. The second kappa shape index (κ2) is 6.95. The number of amides is 1. The van der Waals surface area contributed by atoms with Crippen LogP contribution in [0.3, 0.4) is 0 Å². The Bertz CT molecular complexity index is 793. The van der Waals surface area contributed by atoms with Crippen LogP contribution in [0.1, 0.15) is 39.0 Å². The number of anilines is 1. The molecule has 0 saturated heterocycles. The zero-order valence-electron chi connectivity index (χ0n) is 13.5. The van der Waals surface area contributed by atoms with Crippen molar-refractivity contribution in [3.05, 3.63) is 56.9 Å². The lowest BCUT2D eigenvalue weighted by molar-refractivity contribution is -0.384. The van der Waals surface area contributed by atoms with Crippen LogP contribution in [0.15, 0.2) is 24.3 Å². The number of nitro benzene ring substituents is 1. The Morgan fingerprint density at radius 2 is 1.88 bits per heavy atom. The quantitative estimate of drug-likeness (QED) is 0.496. The van der Waals surface area contributed by atoms with E-state index in [1.165, 1.54) is 24.3 Å². The van der Waals surface area contributed by atoms with Crippen LogP contribution in [-0.4, -0.2) is 28.4 Å². The van der Waals surface area contributed by atoms with Crippen LogP contribution in [0, 0.1) is 24.0 Å². The van der Waals surface area contributed by atoms with Gasteiger partial charge in [-0.05, 0) is 38.5 Å². The second-order valence-corrected chi connectivity index (χ2v) is 5.10. The number of hydrogen-bond acceptors (Lipinski definition) is 5. The number of aromatic amines is 1. The van der Waals surface area contributed by atoms with Crippen molar-refractivity contribution >= 4 is 23.3 Å². The molecule has 2 aromatic rings. The molecule has 2 N–H and O–H groups in total. The summed E-state index contributed by atoms with van der Waals surface area (Å²) in [6.07, 6.45) is 0. The lowest BCUT2D eigenvalue weighted by atomic mass is 10.1. The van der Waals surface area contributed by atoms with Crippen molar-refractivity contribution in [2.24, 2.45) is 0 Å². The first-order chi connectivity index (χ1) is 11.3. The van der Waals surface area contributed by atoms with Crippen molar-refractivity contribution in [3.63, 3.8) is 0 Å². The molecule has 0 radical (unpaired) electrons. The zero-order chi connectivity index (χ0) is 17.9. The first kappa shape index (κ1) is 17.2. The van der Waals surface area contributed by atoms with Crippen molar-refractivity contribution < 1.29 is 19.2 Å². The molecule has 1 aromatic heterocycles. The van der Waals surface area contributed by atoms with E-state index in [9.17, 15) is 19.7 Å². The highest BCUT2D eigenvalue weighted by Gasteiger charge is 2.23. The minimum Gasteiger partial charge on any atom is -0.462 e. The highest BCUT2D eigenvalue weighted by atomic mass is 16.6. The minimum absolute atomic E-state index is 0.0653. The largest absolute Gasteiger partial charge is 0.462 e. The van der Waals surface area contributed by atoms with Crippen molar-refractivity contribution in [1.82, 2.24) is 4.98 Å². The van der Waals surface area contributed by atoms with Gasteiger partial charge in [-0.25, -0.2) is 4.79 Å². The molecule has 0 unspecified atom stereocenters. The summed E-state index contributed by atoms with van der Waals surface area (Å²) in [7, 11) is 0. The van der Waals surface area contributed by atoms with E-state index >= 15 is 0 Å². The number of aryl methyl sites for hydroxylation is 1. The number of benzene rings is 1. The maximum atomic E-state index is 12.4. The lowest BCUT2D eigenvalue weighted by Crippen LogP contribution is -2.14. The first-order valence-electron chi connectivity index (χ1n) is 7.27. The summed E-state index contributed by atoms with van der Waals surface area (Å²) in [6, 6.07) is 5.47. The molecule has 0 saturated carbocycles. The number of H-pyrrole nitrogens is 1. The van der Waals surface area contributed by atoms with Crippen LogP contribution >= 0.6 is 0 Å². The van der Waals surface area contributed by atoms with E-state index in [0.717, 1.165) is 0 Å². The van der Waals surface area contributed by atoms with Gasteiger partial charge in [-0.1, -0.05) is 0 Å². The minimum atomic E-state index is -0.518. The average molecular weight is 331 g/mol. The van der Waals surface area contributed by atoms with E-state index < -0.39 is 16.8 Å². The topological polar surface area (TPSA) is 114 Å². The molecule has 1 amide bonds. The van der Waals surface area contributed by atoms with Crippen molar-refractivity contribution in [2.45, 2.75) is 20.8 Å². The molecule has 0 spiro atoms. The maximum Gasteiger partial charge on any atom is 0.340 e.